The molecule has 0 unspecified atom stereocenters. The van der Waals surface area contributed by atoms with Crippen molar-refractivity contribution >= 4 is 11.5 Å². The van der Waals surface area contributed by atoms with Gasteiger partial charge in [-0.1, -0.05) is 18.7 Å². The molecule has 0 fully saturated rings. The van der Waals surface area contributed by atoms with Crippen LogP contribution in [0, 0.1) is 0 Å². The van der Waals surface area contributed by atoms with E-state index in [0.717, 1.165) is 0 Å². The van der Waals surface area contributed by atoms with Gasteiger partial charge in [-0.3, -0.25) is 0 Å². The molecule has 0 heterocycles. The van der Waals surface area contributed by atoms with Crippen molar-refractivity contribution in [3.8, 4) is 0 Å². The molecule has 1 aromatic rings. The molecule has 86 valence electrons. The number of allylic oxidation sites excluding steroid dienone is 1. The molecule has 0 saturated heterocycles. The second-order valence-corrected chi connectivity index (χ2v) is 3.28. The summed E-state index contributed by atoms with van der Waals surface area (Å²) in [6.07, 6.45) is -5.40. The van der Waals surface area contributed by atoms with Crippen molar-refractivity contribution in [2.75, 3.05) is 0 Å². The number of halogens is 3. The van der Waals surface area contributed by atoms with Crippen molar-refractivity contribution in [3.63, 3.8) is 0 Å². The first kappa shape index (κ1) is 12.3. The zero-order valence-corrected chi connectivity index (χ0v) is 8.21. The zero-order chi connectivity index (χ0) is 12.3. The van der Waals surface area contributed by atoms with Gasteiger partial charge < -0.3 is 5.11 Å². The predicted octanol–water partition coefficient (Wildman–Crippen LogP) is 3.35. The zero-order valence-electron chi connectivity index (χ0n) is 8.21. The minimum atomic E-state index is -4.30. The Labute approximate surface area is 90.0 Å². The van der Waals surface area contributed by atoms with Gasteiger partial charge in [-0.25, -0.2) is 4.79 Å². The number of rotatable bonds is 3. The van der Waals surface area contributed by atoms with E-state index in [4.69, 9.17) is 5.11 Å². The lowest BCUT2D eigenvalue weighted by Gasteiger charge is -2.09. The van der Waals surface area contributed by atoms with Gasteiger partial charge in [0, 0.05) is 0 Å². The van der Waals surface area contributed by atoms with Crippen molar-refractivity contribution in [2.45, 2.75) is 12.6 Å². The molecule has 0 aromatic heterocycles. The maximum atomic E-state index is 12.0. The summed E-state index contributed by atoms with van der Waals surface area (Å²) in [6.45, 7) is 3.32. The molecule has 1 rings (SSSR count). The number of alkyl halides is 3. The van der Waals surface area contributed by atoms with Crippen LogP contribution in [0.3, 0.4) is 0 Å². The average Bonchev–Trinajstić information content (AvgIpc) is 2.15. The van der Waals surface area contributed by atoms with Crippen molar-refractivity contribution in [1.29, 1.82) is 0 Å². The Bertz CT molecular complexity index is 404. The number of hydrogen-bond donors (Lipinski definition) is 1. The summed E-state index contributed by atoms with van der Waals surface area (Å²) < 4.78 is 36.1. The number of carboxylic acid groups (broad SMARTS) is 1. The fourth-order valence-electron chi connectivity index (χ4n) is 1.19. The van der Waals surface area contributed by atoms with Gasteiger partial charge in [-0.2, -0.15) is 13.2 Å². The largest absolute Gasteiger partial charge is 0.478 e. The van der Waals surface area contributed by atoms with E-state index in [1.165, 1.54) is 24.3 Å². The van der Waals surface area contributed by atoms with E-state index >= 15 is 0 Å². The van der Waals surface area contributed by atoms with Gasteiger partial charge in [0.05, 0.1) is 12.0 Å². The number of carboxylic acids is 1. The van der Waals surface area contributed by atoms with E-state index in [9.17, 15) is 18.0 Å². The highest BCUT2D eigenvalue weighted by atomic mass is 19.4. The molecule has 1 aromatic carbocycles. The van der Waals surface area contributed by atoms with Crippen LogP contribution in [-0.2, 0) is 0 Å². The Morgan fingerprint density at radius 1 is 1.19 bits per heavy atom. The van der Waals surface area contributed by atoms with Gasteiger partial charge in [0.2, 0.25) is 0 Å². The van der Waals surface area contributed by atoms with Gasteiger partial charge in [-0.15, -0.1) is 0 Å². The molecule has 16 heavy (non-hydrogen) atoms. The summed E-state index contributed by atoms with van der Waals surface area (Å²) >= 11 is 0. The summed E-state index contributed by atoms with van der Waals surface area (Å²) in [6, 6.07) is 5.13. The Morgan fingerprint density at radius 2 is 1.62 bits per heavy atom. The Kier molecular flexibility index (Phi) is 3.37. The topological polar surface area (TPSA) is 37.3 Å². The molecule has 0 aliphatic rings. The molecule has 0 aliphatic heterocycles. The van der Waals surface area contributed by atoms with Crippen molar-refractivity contribution in [1.82, 2.24) is 0 Å². The lowest BCUT2D eigenvalue weighted by Crippen LogP contribution is -2.07. The second kappa shape index (κ2) is 4.38. The summed E-state index contributed by atoms with van der Waals surface area (Å²) in [7, 11) is 0. The number of aromatic carboxylic acids is 1. The monoisotopic (exact) mass is 230 g/mol. The quantitative estimate of drug-likeness (QED) is 0.864. The maximum Gasteiger partial charge on any atom is 0.393 e. The molecule has 1 N–H and O–H groups in total. The normalized spacial score (nSPS) is 11.2. The Balaban J connectivity index is 2.82. The number of benzene rings is 1. The minimum Gasteiger partial charge on any atom is -0.478 e. The molecular weight excluding hydrogens is 221 g/mol. The number of carbonyl (C=O) groups is 1. The summed E-state index contributed by atoms with van der Waals surface area (Å²) in [5.74, 6) is -1.12. The lowest BCUT2D eigenvalue weighted by atomic mass is 10.0. The van der Waals surface area contributed by atoms with Gasteiger partial charge in [0.15, 0.2) is 0 Å². The number of hydrogen-bond acceptors (Lipinski definition) is 1. The van der Waals surface area contributed by atoms with E-state index in [2.05, 4.69) is 6.58 Å². The van der Waals surface area contributed by atoms with E-state index in [1.807, 2.05) is 0 Å². The highest BCUT2D eigenvalue weighted by Gasteiger charge is 2.28. The third-order valence-electron chi connectivity index (χ3n) is 1.95. The molecule has 5 heteroatoms. The molecule has 0 bridgehead atoms. The maximum absolute atomic E-state index is 12.0. The first-order valence-corrected chi connectivity index (χ1v) is 4.38. The molecule has 0 amide bonds. The molecule has 0 aliphatic carbocycles. The van der Waals surface area contributed by atoms with E-state index < -0.39 is 18.6 Å². The molecule has 0 spiro atoms. The van der Waals surface area contributed by atoms with Crippen LogP contribution in [0.25, 0.3) is 5.57 Å². The van der Waals surface area contributed by atoms with Crippen LogP contribution >= 0.6 is 0 Å². The predicted molar refractivity (Wildman–Crippen MR) is 53.1 cm³/mol. The molecule has 0 atom stereocenters. The fraction of sp³-hybridized carbons (Fsp3) is 0.182. The molecular formula is C11H9F3O2. The minimum absolute atomic E-state index is 0.0311. The standard InChI is InChI=1S/C11H9F3O2/c1-7(6-11(12,13)14)8-2-4-9(5-3-8)10(15)16/h2-5H,1,6H2,(H,15,16). The van der Waals surface area contributed by atoms with Crippen LogP contribution in [0.4, 0.5) is 13.2 Å². The lowest BCUT2D eigenvalue weighted by molar-refractivity contribution is -0.122. The molecule has 2 nitrogen and oxygen atoms in total. The van der Waals surface area contributed by atoms with Gasteiger partial charge >= 0.3 is 12.1 Å². The van der Waals surface area contributed by atoms with Gasteiger partial charge in [-0.05, 0) is 23.3 Å². The summed E-state index contributed by atoms with van der Waals surface area (Å²) in [5, 5.41) is 8.60. The SMILES string of the molecule is C=C(CC(F)(F)F)c1ccc(C(=O)O)cc1. The Hall–Kier alpha value is -1.78. The first-order chi connectivity index (χ1) is 7.29. The van der Waals surface area contributed by atoms with Crippen LogP contribution < -0.4 is 0 Å². The van der Waals surface area contributed by atoms with Crippen LogP contribution in [0.15, 0.2) is 30.8 Å². The van der Waals surface area contributed by atoms with Crippen molar-refractivity contribution in [2.24, 2.45) is 0 Å². The first-order valence-electron chi connectivity index (χ1n) is 4.38. The molecule has 0 radical (unpaired) electrons. The van der Waals surface area contributed by atoms with Crippen LogP contribution in [0.1, 0.15) is 22.3 Å². The second-order valence-electron chi connectivity index (χ2n) is 3.28. The Morgan fingerprint density at radius 3 is 2.00 bits per heavy atom. The highest BCUT2D eigenvalue weighted by molar-refractivity contribution is 5.88. The average molecular weight is 230 g/mol. The fourth-order valence-corrected chi connectivity index (χ4v) is 1.19. The third-order valence-corrected chi connectivity index (χ3v) is 1.95. The summed E-state index contributed by atoms with van der Waals surface area (Å²) in [4.78, 5) is 10.5. The third kappa shape index (κ3) is 3.42. The highest BCUT2D eigenvalue weighted by Crippen LogP contribution is 2.29. The van der Waals surface area contributed by atoms with Crippen LogP contribution in [-0.4, -0.2) is 17.3 Å². The van der Waals surface area contributed by atoms with Crippen LogP contribution in [0.5, 0.6) is 0 Å². The molecule has 0 saturated carbocycles. The summed E-state index contributed by atoms with van der Waals surface area (Å²) in [5.41, 5.74) is 0.246. The smallest absolute Gasteiger partial charge is 0.393 e. The van der Waals surface area contributed by atoms with Crippen molar-refractivity contribution in [3.05, 3.63) is 42.0 Å². The van der Waals surface area contributed by atoms with Crippen molar-refractivity contribution < 1.29 is 23.1 Å². The van der Waals surface area contributed by atoms with Gasteiger partial charge in [0.25, 0.3) is 0 Å². The van der Waals surface area contributed by atoms with Gasteiger partial charge in [0.1, 0.15) is 0 Å². The van der Waals surface area contributed by atoms with E-state index in [-0.39, 0.29) is 11.1 Å². The van der Waals surface area contributed by atoms with Crippen LogP contribution in [0.2, 0.25) is 0 Å². The van der Waals surface area contributed by atoms with E-state index in [1.54, 1.807) is 0 Å². The van der Waals surface area contributed by atoms with E-state index in [0.29, 0.717) is 5.56 Å².